The lowest BCUT2D eigenvalue weighted by atomic mass is 9.99. The van der Waals surface area contributed by atoms with E-state index in [-0.39, 0.29) is 18.9 Å². The van der Waals surface area contributed by atoms with Crippen LogP contribution in [0.1, 0.15) is 49.9 Å². The SMILES string of the molecule is COC(=O)C(=Cc1ccc(NC(=O)OC(C)(C)C)c(C)c1COC(C)=O)NC(=O)OCc1ccccc1. The van der Waals surface area contributed by atoms with Crippen LogP contribution >= 0.6 is 0 Å². The first kappa shape index (κ1) is 28.9. The molecule has 0 saturated carbocycles. The molecule has 2 amide bonds. The molecule has 2 rings (SSSR count). The van der Waals surface area contributed by atoms with Gasteiger partial charge in [0, 0.05) is 18.2 Å². The van der Waals surface area contributed by atoms with Crippen LogP contribution in [-0.2, 0) is 41.8 Å². The molecule has 2 aromatic carbocycles. The molecule has 0 saturated heterocycles. The van der Waals surface area contributed by atoms with Gasteiger partial charge in [0.15, 0.2) is 0 Å². The Kier molecular flexibility index (Phi) is 10.2. The summed E-state index contributed by atoms with van der Waals surface area (Å²) in [4.78, 5) is 48.6. The number of amides is 2. The molecule has 0 aliphatic heterocycles. The Bertz CT molecular complexity index is 1170. The minimum atomic E-state index is -0.859. The van der Waals surface area contributed by atoms with E-state index in [4.69, 9.17) is 18.9 Å². The molecule has 0 atom stereocenters. The van der Waals surface area contributed by atoms with Gasteiger partial charge < -0.3 is 18.9 Å². The van der Waals surface area contributed by atoms with Crippen LogP contribution in [0.4, 0.5) is 15.3 Å². The van der Waals surface area contributed by atoms with Gasteiger partial charge in [-0.3, -0.25) is 15.4 Å². The first-order valence-corrected chi connectivity index (χ1v) is 11.4. The maximum Gasteiger partial charge on any atom is 0.412 e. The van der Waals surface area contributed by atoms with Crippen molar-refractivity contribution >= 4 is 35.9 Å². The largest absolute Gasteiger partial charge is 0.464 e. The average molecular weight is 513 g/mol. The Balaban J connectivity index is 2.35. The topological polar surface area (TPSA) is 129 Å². The van der Waals surface area contributed by atoms with Crippen LogP contribution in [-0.4, -0.2) is 36.8 Å². The fraction of sp³-hybridized carbons (Fsp3) is 0.333. The summed E-state index contributed by atoms with van der Waals surface area (Å²) in [7, 11) is 1.17. The summed E-state index contributed by atoms with van der Waals surface area (Å²) in [5.41, 5.74) is 1.80. The van der Waals surface area contributed by atoms with Crippen LogP contribution < -0.4 is 10.6 Å². The van der Waals surface area contributed by atoms with Crippen molar-refractivity contribution in [2.75, 3.05) is 12.4 Å². The molecular weight excluding hydrogens is 480 g/mol. The van der Waals surface area contributed by atoms with Crippen molar-refractivity contribution in [3.8, 4) is 0 Å². The molecule has 0 spiro atoms. The fourth-order valence-corrected chi connectivity index (χ4v) is 3.11. The van der Waals surface area contributed by atoms with E-state index in [2.05, 4.69) is 10.6 Å². The van der Waals surface area contributed by atoms with Crippen molar-refractivity contribution in [2.45, 2.75) is 53.4 Å². The predicted octanol–water partition coefficient (Wildman–Crippen LogP) is 4.85. The Hall–Kier alpha value is -4.34. The number of esters is 2. The lowest BCUT2D eigenvalue weighted by Gasteiger charge is -2.21. The molecule has 37 heavy (non-hydrogen) atoms. The van der Waals surface area contributed by atoms with Crippen molar-refractivity contribution in [3.63, 3.8) is 0 Å². The molecule has 0 aliphatic rings. The quantitative estimate of drug-likeness (QED) is 0.292. The Labute approximate surface area is 215 Å². The second-order valence-corrected chi connectivity index (χ2v) is 8.95. The summed E-state index contributed by atoms with van der Waals surface area (Å²) < 4.78 is 20.5. The second-order valence-electron chi connectivity index (χ2n) is 8.95. The monoisotopic (exact) mass is 512 g/mol. The minimum absolute atomic E-state index is 0.00294. The number of methoxy groups -OCH3 is 1. The zero-order valence-electron chi connectivity index (χ0n) is 21.8. The number of rotatable bonds is 8. The maximum absolute atomic E-state index is 12.4. The Morgan fingerprint density at radius 1 is 0.919 bits per heavy atom. The standard InChI is InChI=1S/C27H32N2O8/c1-17-21(16-35-18(2)30)20(12-13-22(17)28-26(33)37-27(3,4)5)14-23(24(31)34-6)29-25(32)36-15-19-10-8-7-9-11-19/h7-14H,15-16H2,1-6H3,(H,28,33)(H,29,32). The van der Waals surface area contributed by atoms with Crippen molar-refractivity contribution in [2.24, 2.45) is 0 Å². The molecule has 0 unspecified atom stereocenters. The smallest absolute Gasteiger partial charge is 0.412 e. The second kappa shape index (κ2) is 13.1. The summed E-state index contributed by atoms with van der Waals surface area (Å²) in [5, 5.41) is 5.07. The summed E-state index contributed by atoms with van der Waals surface area (Å²) in [6.45, 7) is 8.05. The van der Waals surface area contributed by atoms with Crippen LogP contribution in [0.5, 0.6) is 0 Å². The Morgan fingerprint density at radius 3 is 2.19 bits per heavy atom. The summed E-state index contributed by atoms with van der Waals surface area (Å²) >= 11 is 0. The van der Waals surface area contributed by atoms with E-state index < -0.39 is 29.7 Å². The molecule has 0 radical (unpaired) electrons. The molecule has 2 aromatic rings. The number of carbonyl (C=O) groups excluding carboxylic acids is 4. The van der Waals surface area contributed by atoms with E-state index in [0.29, 0.717) is 22.4 Å². The van der Waals surface area contributed by atoms with Gasteiger partial charge in [0.25, 0.3) is 0 Å². The number of carbonyl (C=O) groups is 4. The third-order valence-corrected chi connectivity index (χ3v) is 4.84. The van der Waals surface area contributed by atoms with Gasteiger partial charge in [-0.15, -0.1) is 0 Å². The van der Waals surface area contributed by atoms with E-state index in [0.717, 1.165) is 5.56 Å². The van der Waals surface area contributed by atoms with Gasteiger partial charge in [0.2, 0.25) is 0 Å². The van der Waals surface area contributed by atoms with Gasteiger partial charge >= 0.3 is 24.1 Å². The van der Waals surface area contributed by atoms with Gasteiger partial charge in [0.05, 0.1) is 7.11 Å². The number of hydrogen-bond donors (Lipinski definition) is 2. The number of ether oxygens (including phenoxy) is 4. The summed E-state index contributed by atoms with van der Waals surface area (Å²) in [5.74, 6) is -1.33. The van der Waals surface area contributed by atoms with Crippen LogP contribution in [0.3, 0.4) is 0 Å². The highest BCUT2D eigenvalue weighted by atomic mass is 16.6. The highest BCUT2D eigenvalue weighted by Gasteiger charge is 2.20. The van der Waals surface area contributed by atoms with E-state index in [9.17, 15) is 19.2 Å². The third-order valence-electron chi connectivity index (χ3n) is 4.84. The molecule has 198 valence electrons. The lowest BCUT2D eigenvalue weighted by molar-refractivity contribution is -0.142. The van der Waals surface area contributed by atoms with Crippen molar-refractivity contribution < 1.29 is 38.1 Å². The zero-order valence-corrected chi connectivity index (χ0v) is 21.8. The fourth-order valence-electron chi connectivity index (χ4n) is 3.11. The van der Waals surface area contributed by atoms with Gasteiger partial charge in [-0.25, -0.2) is 14.4 Å². The van der Waals surface area contributed by atoms with Crippen molar-refractivity contribution in [1.82, 2.24) is 5.32 Å². The summed E-state index contributed by atoms with van der Waals surface area (Å²) in [6, 6.07) is 12.2. The van der Waals surface area contributed by atoms with Crippen molar-refractivity contribution in [3.05, 3.63) is 70.4 Å². The van der Waals surface area contributed by atoms with Crippen LogP contribution in [0, 0.1) is 6.92 Å². The van der Waals surface area contributed by atoms with Gasteiger partial charge in [-0.05, 0) is 56.5 Å². The molecule has 0 aromatic heterocycles. The highest BCUT2D eigenvalue weighted by Crippen LogP contribution is 2.26. The average Bonchev–Trinajstić information content (AvgIpc) is 2.82. The number of alkyl carbamates (subject to hydrolysis) is 1. The Morgan fingerprint density at radius 2 is 1.59 bits per heavy atom. The third kappa shape index (κ3) is 9.67. The van der Waals surface area contributed by atoms with Gasteiger partial charge in [0.1, 0.15) is 24.5 Å². The molecule has 0 fully saturated rings. The van der Waals surface area contributed by atoms with Crippen LogP contribution in [0.2, 0.25) is 0 Å². The van der Waals surface area contributed by atoms with E-state index >= 15 is 0 Å². The first-order chi connectivity index (χ1) is 17.4. The predicted molar refractivity (Wildman–Crippen MR) is 136 cm³/mol. The molecule has 10 heteroatoms. The van der Waals surface area contributed by atoms with E-state index in [1.807, 2.05) is 18.2 Å². The number of anilines is 1. The van der Waals surface area contributed by atoms with Crippen LogP contribution in [0.15, 0.2) is 48.2 Å². The highest BCUT2D eigenvalue weighted by molar-refractivity contribution is 5.97. The number of hydrogen-bond acceptors (Lipinski definition) is 8. The molecule has 0 heterocycles. The minimum Gasteiger partial charge on any atom is -0.464 e. The molecule has 10 nitrogen and oxygen atoms in total. The molecule has 0 aliphatic carbocycles. The van der Waals surface area contributed by atoms with Crippen molar-refractivity contribution in [1.29, 1.82) is 0 Å². The number of benzene rings is 2. The molecule has 2 N–H and O–H groups in total. The van der Waals surface area contributed by atoms with E-state index in [1.54, 1.807) is 52.0 Å². The van der Waals surface area contributed by atoms with Gasteiger partial charge in [-0.2, -0.15) is 0 Å². The van der Waals surface area contributed by atoms with Gasteiger partial charge in [-0.1, -0.05) is 36.4 Å². The first-order valence-electron chi connectivity index (χ1n) is 11.4. The maximum atomic E-state index is 12.4. The van der Waals surface area contributed by atoms with Crippen LogP contribution in [0.25, 0.3) is 6.08 Å². The molecule has 0 bridgehead atoms. The van der Waals surface area contributed by atoms with E-state index in [1.165, 1.54) is 20.1 Å². The number of nitrogens with one attached hydrogen (secondary N) is 2. The summed E-state index contributed by atoms with van der Waals surface area (Å²) in [6.07, 6.45) is -0.143. The normalized spacial score (nSPS) is 11.2. The lowest BCUT2D eigenvalue weighted by Crippen LogP contribution is -2.28. The zero-order chi connectivity index (χ0) is 27.6. The molecular formula is C27H32N2O8.